The summed E-state index contributed by atoms with van der Waals surface area (Å²) in [5.41, 5.74) is 6.02. The summed E-state index contributed by atoms with van der Waals surface area (Å²) in [7, 11) is 1.54. The third-order valence-electron chi connectivity index (χ3n) is 1.69. The van der Waals surface area contributed by atoms with Gasteiger partial charge in [-0.1, -0.05) is 0 Å². The molecule has 0 fully saturated rings. The van der Waals surface area contributed by atoms with Gasteiger partial charge in [-0.3, -0.25) is 0 Å². The molecule has 0 unspecified atom stereocenters. The molecule has 2 N–H and O–H groups in total. The fraction of sp³-hybridized carbons (Fsp3) is 0.333. The molecule has 0 amide bonds. The van der Waals surface area contributed by atoms with Gasteiger partial charge in [-0.15, -0.1) is 12.4 Å². The molecule has 0 aliphatic heterocycles. The van der Waals surface area contributed by atoms with Crippen LogP contribution >= 0.6 is 12.4 Å². The van der Waals surface area contributed by atoms with Crippen molar-refractivity contribution in [2.24, 2.45) is 5.73 Å². The van der Waals surface area contributed by atoms with E-state index in [1.807, 2.05) is 0 Å². The van der Waals surface area contributed by atoms with Crippen LogP contribution in [0.5, 0.6) is 5.75 Å². The Morgan fingerprint density at radius 3 is 2.54 bits per heavy atom. The lowest BCUT2D eigenvalue weighted by molar-refractivity contribution is 0.412. The fourth-order valence-corrected chi connectivity index (χ4v) is 0.998. The zero-order valence-electron chi connectivity index (χ0n) is 7.58. The van der Waals surface area contributed by atoms with E-state index in [2.05, 4.69) is 0 Å². The first-order chi connectivity index (χ1) is 5.65. The van der Waals surface area contributed by atoms with Crippen LogP contribution in [0.25, 0.3) is 0 Å². The van der Waals surface area contributed by atoms with E-state index in [0.717, 1.165) is 0 Å². The summed E-state index contributed by atoms with van der Waals surface area (Å²) < 4.78 is 18.0. The average molecular weight is 206 g/mol. The first-order valence-corrected chi connectivity index (χ1v) is 3.74. The van der Waals surface area contributed by atoms with E-state index in [1.54, 1.807) is 19.1 Å². The minimum Gasteiger partial charge on any atom is -0.497 e. The number of rotatable bonds is 2. The summed E-state index contributed by atoms with van der Waals surface area (Å²) in [6.45, 7) is 1.73. The highest BCUT2D eigenvalue weighted by Gasteiger charge is 2.07. The van der Waals surface area contributed by atoms with Crippen molar-refractivity contribution in [3.63, 3.8) is 0 Å². The summed E-state index contributed by atoms with van der Waals surface area (Å²) in [5, 5.41) is 0. The van der Waals surface area contributed by atoms with Crippen molar-refractivity contribution in [1.29, 1.82) is 0 Å². The maximum Gasteiger partial charge on any atom is 0.128 e. The Kier molecular flexibility index (Phi) is 4.73. The lowest BCUT2D eigenvalue weighted by Crippen LogP contribution is -2.07. The molecule has 13 heavy (non-hydrogen) atoms. The van der Waals surface area contributed by atoms with Gasteiger partial charge < -0.3 is 10.5 Å². The molecule has 1 atom stereocenters. The van der Waals surface area contributed by atoms with Crippen LogP contribution in [0.1, 0.15) is 18.5 Å². The van der Waals surface area contributed by atoms with E-state index in [9.17, 15) is 4.39 Å². The van der Waals surface area contributed by atoms with Gasteiger partial charge in [0, 0.05) is 11.6 Å². The molecule has 0 radical (unpaired) electrons. The highest BCUT2D eigenvalue weighted by molar-refractivity contribution is 5.85. The number of hydrogen-bond acceptors (Lipinski definition) is 2. The van der Waals surface area contributed by atoms with Crippen LogP contribution in [0.2, 0.25) is 0 Å². The Balaban J connectivity index is 0.00000144. The third-order valence-corrected chi connectivity index (χ3v) is 1.69. The van der Waals surface area contributed by atoms with Gasteiger partial charge in [-0.25, -0.2) is 4.39 Å². The number of methoxy groups -OCH3 is 1. The molecule has 0 spiro atoms. The second-order valence-corrected chi connectivity index (χ2v) is 2.68. The zero-order chi connectivity index (χ0) is 9.14. The highest BCUT2D eigenvalue weighted by atomic mass is 35.5. The zero-order valence-corrected chi connectivity index (χ0v) is 8.40. The van der Waals surface area contributed by atoms with Gasteiger partial charge in [0.2, 0.25) is 0 Å². The third kappa shape index (κ3) is 2.86. The van der Waals surface area contributed by atoms with Crippen LogP contribution in [0.3, 0.4) is 0 Å². The quantitative estimate of drug-likeness (QED) is 0.804. The Morgan fingerprint density at radius 2 is 2.08 bits per heavy atom. The van der Waals surface area contributed by atoms with Crippen molar-refractivity contribution in [2.45, 2.75) is 13.0 Å². The maximum atomic E-state index is 13.0. The highest BCUT2D eigenvalue weighted by Crippen LogP contribution is 2.20. The Bertz CT molecular complexity index is 278. The predicted molar refractivity (Wildman–Crippen MR) is 52.8 cm³/mol. The molecule has 0 aliphatic rings. The fourth-order valence-electron chi connectivity index (χ4n) is 0.998. The predicted octanol–water partition coefficient (Wildman–Crippen LogP) is 2.28. The number of hydrogen-bond donors (Lipinski definition) is 1. The molecule has 0 aliphatic carbocycles. The lowest BCUT2D eigenvalue weighted by atomic mass is 10.1. The smallest absolute Gasteiger partial charge is 0.128 e. The van der Waals surface area contributed by atoms with E-state index in [1.165, 1.54) is 13.2 Å². The Labute approximate surface area is 83.3 Å². The van der Waals surface area contributed by atoms with E-state index >= 15 is 0 Å². The van der Waals surface area contributed by atoms with Gasteiger partial charge in [-0.05, 0) is 25.1 Å². The number of halogens is 2. The topological polar surface area (TPSA) is 35.2 Å². The second kappa shape index (κ2) is 5.04. The molecule has 4 heteroatoms. The molecule has 0 aromatic heterocycles. The van der Waals surface area contributed by atoms with E-state index < -0.39 is 0 Å². The molecule has 0 saturated heterocycles. The molecule has 74 valence electrons. The van der Waals surface area contributed by atoms with Gasteiger partial charge in [0.25, 0.3) is 0 Å². The first kappa shape index (κ1) is 12.2. The van der Waals surface area contributed by atoms with Gasteiger partial charge in [-0.2, -0.15) is 0 Å². The summed E-state index contributed by atoms with van der Waals surface area (Å²) in [6.07, 6.45) is 0. The molecule has 0 saturated carbocycles. The minimum absolute atomic E-state index is 0. The molecule has 1 rings (SSSR count). The molecule has 2 nitrogen and oxygen atoms in total. The van der Waals surface area contributed by atoms with E-state index in [4.69, 9.17) is 10.5 Å². The molecular weight excluding hydrogens is 193 g/mol. The molecule has 0 heterocycles. The standard InChI is InChI=1S/C9H12FNO.ClH/c1-6(11)8-5-7(12-2)3-4-9(8)10;/h3-6H,11H2,1-2H3;1H/t6-;/m0./s1. The Hall–Kier alpha value is -0.800. The van der Waals surface area contributed by atoms with Crippen LogP contribution < -0.4 is 10.5 Å². The second-order valence-electron chi connectivity index (χ2n) is 2.68. The molecule has 1 aromatic rings. The summed E-state index contributed by atoms with van der Waals surface area (Å²) in [4.78, 5) is 0. The van der Waals surface area contributed by atoms with E-state index in [0.29, 0.717) is 11.3 Å². The van der Waals surface area contributed by atoms with Crippen LogP contribution in [-0.2, 0) is 0 Å². The van der Waals surface area contributed by atoms with Gasteiger partial charge in [0.15, 0.2) is 0 Å². The van der Waals surface area contributed by atoms with Crippen molar-refractivity contribution in [1.82, 2.24) is 0 Å². The number of ether oxygens (including phenoxy) is 1. The van der Waals surface area contributed by atoms with Crippen LogP contribution in [0, 0.1) is 5.82 Å². The molecule has 0 bridgehead atoms. The van der Waals surface area contributed by atoms with Gasteiger partial charge in [0.05, 0.1) is 7.11 Å². The van der Waals surface area contributed by atoms with Crippen molar-refractivity contribution in [2.75, 3.05) is 7.11 Å². The van der Waals surface area contributed by atoms with Crippen molar-refractivity contribution in [3.8, 4) is 5.75 Å². The maximum absolute atomic E-state index is 13.0. The minimum atomic E-state index is -0.305. The average Bonchev–Trinajstić information content (AvgIpc) is 2.05. The van der Waals surface area contributed by atoms with Crippen LogP contribution in [0.15, 0.2) is 18.2 Å². The number of nitrogens with two attached hydrogens (primary N) is 1. The van der Waals surface area contributed by atoms with Gasteiger partial charge >= 0.3 is 0 Å². The van der Waals surface area contributed by atoms with Crippen LogP contribution in [-0.4, -0.2) is 7.11 Å². The molecule has 1 aromatic carbocycles. The first-order valence-electron chi connectivity index (χ1n) is 3.74. The van der Waals surface area contributed by atoms with Crippen molar-refractivity contribution >= 4 is 12.4 Å². The molecular formula is C9H13ClFNO. The van der Waals surface area contributed by atoms with Crippen LogP contribution in [0.4, 0.5) is 4.39 Å². The Morgan fingerprint density at radius 1 is 1.46 bits per heavy atom. The van der Waals surface area contributed by atoms with E-state index in [-0.39, 0.29) is 24.3 Å². The monoisotopic (exact) mass is 205 g/mol. The van der Waals surface area contributed by atoms with Gasteiger partial charge in [0.1, 0.15) is 11.6 Å². The summed E-state index contributed by atoms with van der Waals surface area (Å²) in [5.74, 6) is 0.342. The lowest BCUT2D eigenvalue weighted by Gasteiger charge is -2.08. The van der Waals surface area contributed by atoms with Crippen molar-refractivity contribution < 1.29 is 9.13 Å². The SMILES string of the molecule is COc1ccc(F)c([C@H](C)N)c1.Cl. The number of benzene rings is 1. The summed E-state index contributed by atoms with van der Waals surface area (Å²) in [6, 6.07) is 4.23. The van der Waals surface area contributed by atoms with Crippen molar-refractivity contribution in [3.05, 3.63) is 29.6 Å². The normalized spacial score (nSPS) is 11.7. The summed E-state index contributed by atoms with van der Waals surface area (Å²) >= 11 is 0. The largest absolute Gasteiger partial charge is 0.497 e.